The van der Waals surface area contributed by atoms with E-state index in [4.69, 9.17) is 37.4 Å². The van der Waals surface area contributed by atoms with E-state index in [0.717, 1.165) is 71.5 Å². The number of ether oxygens (including phenoxy) is 1. The van der Waals surface area contributed by atoms with Gasteiger partial charge in [-0.2, -0.15) is 5.26 Å². The van der Waals surface area contributed by atoms with Crippen molar-refractivity contribution in [2.45, 2.75) is 68.7 Å². The van der Waals surface area contributed by atoms with E-state index >= 15 is 0 Å². The van der Waals surface area contributed by atoms with E-state index in [9.17, 15) is 10.4 Å². The lowest BCUT2D eigenvalue weighted by Gasteiger charge is -2.62. The molecule has 9 rings (SSSR count). The molecular weight excluding hydrogens is 565 g/mol. The summed E-state index contributed by atoms with van der Waals surface area (Å²) in [6, 6.07) is 13.2. The average Bonchev–Trinajstić information content (AvgIpc) is 3.55. The molecular formula is C31H27Cl2N3O3S. The first-order valence-corrected chi connectivity index (χ1v) is 15.5. The fourth-order valence-corrected chi connectivity index (χ4v) is 9.71. The van der Waals surface area contributed by atoms with Crippen LogP contribution in [0.15, 0.2) is 40.9 Å². The number of hydrogen-bond donors (Lipinski definition) is 1. The summed E-state index contributed by atoms with van der Waals surface area (Å²) in [4.78, 5) is 4.89. The number of thiazole rings is 1. The van der Waals surface area contributed by atoms with Gasteiger partial charge in [0.25, 0.3) is 0 Å². The summed E-state index contributed by atoms with van der Waals surface area (Å²) >= 11 is 14.7. The molecule has 2 heterocycles. The molecule has 4 aromatic rings. The van der Waals surface area contributed by atoms with E-state index < -0.39 is 5.60 Å². The van der Waals surface area contributed by atoms with E-state index in [1.165, 1.54) is 11.3 Å². The second-order valence-corrected chi connectivity index (χ2v) is 14.0. The largest absolute Gasteiger partial charge is 0.382 e. The van der Waals surface area contributed by atoms with Gasteiger partial charge in [0.2, 0.25) is 0 Å². The first kappa shape index (κ1) is 25.3. The first-order valence-electron chi connectivity index (χ1n) is 14.0. The Labute approximate surface area is 245 Å². The molecule has 5 atom stereocenters. The number of aromatic nitrogens is 2. The quantitative estimate of drug-likeness (QED) is 0.244. The number of nitriles is 1. The number of nitrogens with zero attached hydrogens (tertiary/aromatic N) is 3. The smallest absolute Gasteiger partial charge is 0.145 e. The Morgan fingerprint density at radius 1 is 1.10 bits per heavy atom. The molecule has 2 aromatic heterocycles. The zero-order valence-electron chi connectivity index (χ0n) is 21.7. The summed E-state index contributed by atoms with van der Waals surface area (Å²) in [5.74, 6) is 1.94. The molecule has 0 radical (unpaired) electrons. The van der Waals surface area contributed by atoms with Crippen LogP contribution in [0.3, 0.4) is 0 Å². The zero-order valence-corrected chi connectivity index (χ0v) is 24.0. The SMILES string of the molecule is N#Cc1ccc2nc([C@]3(O)C4CC5C[C@H]3C[C@](OCc3c(-c6c(Cl)cccc6Cl)noc3C3CC3)(C5)C4)sc2c1. The molecule has 0 spiro atoms. The van der Waals surface area contributed by atoms with Crippen molar-refractivity contribution in [1.82, 2.24) is 10.1 Å². The molecule has 40 heavy (non-hydrogen) atoms. The summed E-state index contributed by atoms with van der Waals surface area (Å²) in [6.45, 7) is 0.384. The van der Waals surface area contributed by atoms with E-state index in [1.807, 2.05) is 30.3 Å². The lowest BCUT2D eigenvalue weighted by Crippen LogP contribution is -2.62. The Morgan fingerprint density at radius 2 is 1.85 bits per heavy atom. The number of fused-ring (bicyclic) bond motifs is 1. The summed E-state index contributed by atoms with van der Waals surface area (Å²) in [6.07, 6.45) is 6.73. The topological polar surface area (TPSA) is 92.2 Å². The molecule has 0 amide bonds. The number of rotatable bonds is 6. The van der Waals surface area contributed by atoms with Gasteiger partial charge in [0.1, 0.15) is 22.1 Å². The fourth-order valence-electron chi connectivity index (χ4n) is 7.88. The number of benzene rings is 2. The highest BCUT2D eigenvalue weighted by atomic mass is 35.5. The molecule has 0 saturated heterocycles. The standard InChI is InChI=1S/C31H27Cl2N3O3S/c32-22-2-1-3-23(33)26(22)27-21(28(39-36-27)18-5-6-18)15-38-30-11-17-8-19(12-30)31(37,20(9-17)13-30)29-35-24-7-4-16(14-34)10-25(24)40-29/h1-4,7,10,17-20,37H,5-6,8-9,11-13,15H2/t17?,19-,20?,30+,31+/m0/s1. The van der Waals surface area contributed by atoms with Crippen molar-refractivity contribution in [3.05, 3.63) is 68.3 Å². The van der Waals surface area contributed by atoms with Crippen molar-refractivity contribution in [2.24, 2.45) is 17.8 Å². The third-order valence-electron chi connectivity index (χ3n) is 9.73. The van der Waals surface area contributed by atoms with Gasteiger partial charge in [0, 0.05) is 17.0 Å². The maximum atomic E-state index is 12.3. The average molecular weight is 593 g/mol. The predicted molar refractivity (Wildman–Crippen MR) is 153 cm³/mol. The second kappa shape index (κ2) is 9.01. The van der Waals surface area contributed by atoms with E-state index in [0.29, 0.717) is 45.3 Å². The van der Waals surface area contributed by atoms with Crippen LogP contribution in [-0.4, -0.2) is 20.8 Å². The minimum atomic E-state index is -0.965. The van der Waals surface area contributed by atoms with Crippen LogP contribution in [0.25, 0.3) is 21.5 Å². The van der Waals surface area contributed by atoms with Crippen LogP contribution in [0.1, 0.15) is 72.8 Å². The Hall–Kier alpha value is -2.47. The molecule has 1 N–H and O–H groups in total. The zero-order chi connectivity index (χ0) is 27.2. The number of halogens is 2. The van der Waals surface area contributed by atoms with Gasteiger partial charge in [-0.15, -0.1) is 11.3 Å². The van der Waals surface area contributed by atoms with Gasteiger partial charge < -0.3 is 14.4 Å². The Balaban J connectivity index is 1.10. The van der Waals surface area contributed by atoms with Crippen LogP contribution in [0.2, 0.25) is 10.0 Å². The first-order chi connectivity index (χ1) is 19.4. The predicted octanol–water partition coefficient (Wildman–Crippen LogP) is 7.99. The molecule has 9 heteroatoms. The number of aliphatic hydroxyl groups is 1. The summed E-state index contributed by atoms with van der Waals surface area (Å²) in [5.41, 5.74) is 2.50. The molecule has 5 aliphatic rings. The van der Waals surface area contributed by atoms with E-state index in [1.54, 1.807) is 6.07 Å². The lowest BCUT2D eigenvalue weighted by atomic mass is 9.48. The highest BCUT2D eigenvalue weighted by Crippen LogP contribution is 2.65. The van der Waals surface area contributed by atoms with Crippen molar-refractivity contribution < 1.29 is 14.4 Å². The van der Waals surface area contributed by atoms with Gasteiger partial charge in [-0.1, -0.05) is 34.4 Å². The minimum Gasteiger partial charge on any atom is -0.382 e. The second-order valence-electron chi connectivity index (χ2n) is 12.2. The Kier molecular flexibility index (Phi) is 5.69. The third-order valence-corrected chi connectivity index (χ3v) is 11.5. The monoisotopic (exact) mass is 591 g/mol. The molecule has 6 nitrogen and oxygen atoms in total. The number of hydrogen-bond acceptors (Lipinski definition) is 7. The van der Waals surface area contributed by atoms with Crippen molar-refractivity contribution in [3.63, 3.8) is 0 Å². The van der Waals surface area contributed by atoms with E-state index in [2.05, 4.69) is 11.2 Å². The van der Waals surface area contributed by atoms with Gasteiger partial charge in [0.05, 0.1) is 44.1 Å². The highest BCUT2D eigenvalue weighted by molar-refractivity contribution is 7.18. The summed E-state index contributed by atoms with van der Waals surface area (Å²) in [7, 11) is 0. The van der Waals surface area contributed by atoms with Crippen molar-refractivity contribution in [1.29, 1.82) is 5.26 Å². The Bertz CT molecular complexity index is 1670. The maximum Gasteiger partial charge on any atom is 0.145 e. The van der Waals surface area contributed by atoms with Crippen molar-refractivity contribution in [2.75, 3.05) is 0 Å². The molecule has 0 aliphatic heterocycles. The van der Waals surface area contributed by atoms with Crippen LogP contribution in [0.4, 0.5) is 0 Å². The normalized spacial score (nSPS) is 30.7. The van der Waals surface area contributed by atoms with Crippen LogP contribution in [0.5, 0.6) is 0 Å². The maximum absolute atomic E-state index is 12.3. The van der Waals surface area contributed by atoms with Crippen LogP contribution >= 0.6 is 34.5 Å². The molecule has 5 aliphatic carbocycles. The molecule has 204 valence electrons. The molecule has 4 bridgehead atoms. The van der Waals surface area contributed by atoms with Gasteiger partial charge >= 0.3 is 0 Å². The summed E-state index contributed by atoms with van der Waals surface area (Å²) in [5, 5.41) is 27.9. The Morgan fingerprint density at radius 3 is 2.55 bits per heavy atom. The summed E-state index contributed by atoms with van der Waals surface area (Å²) < 4.78 is 13.7. The lowest BCUT2D eigenvalue weighted by molar-refractivity contribution is -0.250. The van der Waals surface area contributed by atoms with Crippen molar-refractivity contribution >= 4 is 44.8 Å². The molecule has 2 unspecified atom stereocenters. The van der Waals surface area contributed by atoms with Crippen molar-refractivity contribution in [3.8, 4) is 17.3 Å². The van der Waals surface area contributed by atoms with Crippen LogP contribution in [-0.2, 0) is 16.9 Å². The van der Waals surface area contributed by atoms with Gasteiger partial charge in [-0.25, -0.2) is 4.98 Å². The fraction of sp³-hybridized carbons (Fsp3) is 0.452. The molecule has 5 saturated carbocycles. The highest BCUT2D eigenvalue weighted by Gasteiger charge is 2.64. The molecule has 2 aromatic carbocycles. The van der Waals surface area contributed by atoms with Crippen LogP contribution in [0, 0.1) is 29.1 Å². The van der Waals surface area contributed by atoms with E-state index in [-0.39, 0.29) is 17.4 Å². The minimum absolute atomic E-state index is 0.0811. The third kappa shape index (κ3) is 3.80. The van der Waals surface area contributed by atoms with Gasteiger partial charge in [-0.3, -0.25) is 0 Å². The van der Waals surface area contributed by atoms with Gasteiger partial charge in [0.15, 0.2) is 0 Å². The molecule has 5 fully saturated rings. The van der Waals surface area contributed by atoms with Crippen LogP contribution < -0.4 is 0 Å². The van der Waals surface area contributed by atoms with Gasteiger partial charge in [-0.05, 0) is 93.0 Å².